The van der Waals surface area contributed by atoms with Crippen molar-refractivity contribution in [3.05, 3.63) is 29.3 Å². The maximum Gasteiger partial charge on any atom is 0.434 e. The van der Waals surface area contributed by atoms with Crippen LogP contribution in [0, 0.1) is 0 Å². The largest absolute Gasteiger partial charge is 0.442 e. The SMILES string of the molecule is O=C(OC(C(F)(F)F)C(F)(F)F)C1CNCCN1Cc1ccc(C(F)(F)F)cc1N1CCCC1. The van der Waals surface area contributed by atoms with E-state index < -0.39 is 42.2 Å². The van der Waals surface area contributed by atoms with Gasteiger partial charge >= 0.3 is 24.5 Å². The van der Waals surface area contributed by atoms with Gasteiger partial charge in [-0.25, -0.2) is 0 Å². The lowest BCUT2D eigenvalue weighted by molar-refractivity contribution is -0.314. The number of carbonyl (C=O) groups is 1. The van der Waals surface area contributed by atoms with Crippen LogP contribution in [0.4, 0.5) is 45.2 Å². The molecule has 2 heterocycles. The second-order valence-corrected chi connectivity index (χ2v) is 8.13. The Labute approximate surface area is 188 Å². The number of anilines is 1. The second-order valence-electron chi connectivity index (χ2n) is 8.13. The predicted octanol–water partition coefficient (Wildman–Crippen LogP) is 4.12. The summed E-state index contributed by atoms with van der Waals surface area (Å²) in [5.41, 5.74) is -0.244. The second kappa shape index (κ2) is 9.80. The fourth-order valence-electron chi connectivity index (χ4n) is 4.03. The fourth-order valence-corrected chi connectivity index (χ4v) is 4.03. The topological polar surface area (TPSA) is 44.8 Å². The van der Waals surface area contributed by atoms with Gasteiger partial charge in [0.15, 0.2) is 0 Å². The van der Waals surface area contributed by atoms with Gasteiger partial charge < -0.3 is 15.0 Å². The molecule has 3 rings (SSSR count). The zero-order valence-electron chi connectivity index (χ0n) is 17.7. The first-order chi connectivity index (χ1) is 15.7. The molecule has 2 saturated heterocycles. The first-order valence-corrected chi connectivity index (χ1v) is 10.4. The van der Waals surface area contributed by atoms with E-state index in [0.717, 1.165) is 25.0 Å². The van der Waals surface area contributed by atoms with Gasteiger partial charge in [-0.15, -0.1) is 0 Å². The monoisotopic (exact) mass is 507 g/mol. The minimum atomic E-state index is -5.85. The molecular formula is C20H22F9N3O2. The third kappa shape index (κ3) is 6.26. The minimum absolute atomic E-state index is 0.0585. The number of hydrogen-bond acceptors (Lipinski definition) is 5. The summed E-state index contributed by atoms with van der Waals surface area (Å²) in [6, 6.07) is 1.55. The van der Waals surface area contributed by atoms with E-state index in [-0.39, 0.29) is 31.9 Å². The lowest BCUT2D eigenvalue weighted by Gasteiger charge is -2.36. The quantitative estimate of drug-likeness (QED) is 0.480. The normalized spacial score (nSPS) is 20.8. The molecule has 0 radical (unpaired) electrons. The van der Waals surface area contributed by atoms with Gasteiger partial charge in [-0.2, -0.15) is 39.5 Å². The summed E-state index contributed by atoms with van der Waals surface area (Å²) in [4.78, 5) is 15.4. The number of ether oxygens (including phenoxy) is 1. The zero-order valence-corrected chi connectivity index (χ0v) is 17.7. The molecule has 0 aromatic heterocycles. The van der Waals surface area contributed by atoms with Crippen LogP contribution in [0.15, 0.2) is 18.2 Å². The molecule has 0 aliphatic carbocycles. The van der Waals surface area contributed by atoms with E-state index in [1.54, 1.807) is 4.90 Å². The molecule has 1 unspecified atom stereocenters. The van der Waals surface area contributed by atoms with Gasteiger partial charge in [-0.05, 0) is 30.5 Å². The van der Waals surface area contributed by atoms with Gasteiger partial charge in [0.1, 0.15) is 6.04 Å². The van der Waals surface area contributed by atoms with Gasteiger partial charge in [0.2, 0.25) is 0 Å². The van der Waals surface area contributed by atoms with E-state index >= 15 is 0 Å². The minimum Gasteiger partial charge on any atom is -0.442 e. The maximum atomic E-state index is 13.2. The highest BCUT2D eigenvalue weighted by molar-refractivity contribution is 5.76. The lowest BCUT2D eigenvalue weighted by atomic mass is 10.0. The highest BCUT2D eigenvalue weighted by Gasteiger charge is 2.60. The first kappa shape index (κ1) is 26.4. The van der Waals surface area contributed by atoms with Crippen LogP contribution in [0.1, 0.15) is 24.0 Å². The van der Waals surface area contributed by atoms with Crippen molar-refractivity contribution in [3.8, 4) is 0 Å². The summed E-state index contributed by atoms with van der Waals surface area (Å²) < 4.78 is 121. The Morgan fingerprint density at radius 2 is 1.62 bits per heavy atom. The van der Waals surface area contributed by atoms with Crippen molar-refractivity contribution < 1.29 is 49.0 Å². The summed E-state index contributed by atoms with van der Waals surface area (Å²) in [7, 11) is 0. The fraction of sp³-hybridized carbons (Fsp3) is 0.650. The molecule has 5 nitrogen and oxygen atoms in total. The molecular weight excluding hydrogens is 485 g/mol. The number of piperazine rings is 1. The van der Waals surface area contributed by atoms with Crippen LogP contribution in [0.25, 0.3) is 0 Å². The van der Waals surface area contributed by atoms with E-state index in [2.05, 4.69) is 10.1 Å². The van der Waals surface area contributed by atoms with Crippen molar-refractivity contribution in [3.63, 3.8) is 0 Å². The van der Waals surface area contributed by atoms with Gasteiger partial charge in [0.05, 0.1) is 5.56 Å². The van der Waals surface area contributed by atoms with E-state index in [4.69, 9.17) is 0 Å². The Balaban J connectivity index is 1.85. The van der Waals surface area contributed by atoms with Crippen LogP contribution < -0.4 is 10.2 Å². The predicted molar refractivity (Wildman–Crippen MR) is 102 cm³/mol. The Morgan fingerprint density at radius 3 is 2.18 bits per heavy atom. The first-order valence-electron chi connectivity index (χ1n) is 10.4. The molecule has 1 aromatic rings. The van der Waals surface area contributed by atoms with Crippen molar-refractivity contribution in [1.82, 2.24) is 10.2 Å². The molecule has 0 saturated carbocycles. The molecule has 0 amide bonds. The number of esters is 1. The van der Waals surface area contributed by atoms with Gasteiger partial charge in [0, 0.05) is 45.0 Å². The third-order valence-corrected chi connectivity index (χ3v) is 5.69. The van der Waals surface area contributed by atoms with Crippen LogP contribution in [-0.2, 0) is 22.3 Å². The van der Waals surface area contributed by atoms with Crippen molar-refractivity contribution in [2.75, 3.05) is 37.6 Å². The highest BCUT2D eigenvalue weighted by atomic mass is 19.4. The Bertz CT molecular complexity index is 850. The molecule has 192 valence electrons. The van der Waals surface area contributed by atoms with E-state index in [1.165, 1.54) is 11.0 Å². The van der Waals surface area contributed by atoms with Crippen molar-refractivity contribution in [2.24, 2.45) is 0 Å². The summed E-state index contributed by atoms with van der Waals surface area (Å²) in [6.07, 6.45) is -19.1. The van der Waals surface area contributed by atoms with Crippen LogP contribution in [0.3, 0.4) is 0 Å². The number of hydrogen-bond donors (Lipinski definition) is 1. The van der Waals surface area contributed by atoms with Gasteiger partial charge in [-0.1, -0.05) is 6.07 Å². The Morgan fingerprint density at radius 1 is 1.00 bits per heavy atom. The molecule has 2 aliphatic rings. The maximum absolute atomic E-state index is 13.2. The van der Waals surface area contributed by atoms with Crippen LogP contribution in [0.5, 0.6) is 0 Å². The molecule has 1 N–H and O–H groups in total. The molecule has 1 aromatic carbocycles. The molecule has 14 heteroatoms. The molecule has 34 heavy (non-hydrogen) atoms. The summed E-state index contributed by atoms with van der Waals surface area (Å²) >= 11 is 0. The van der Waals surface area contributed by atoms with Crippen molar-refractivity contribution >= 4 is 11.7 Å². The van der Waals surface area contributed by atoms with Crippen LogP contribution in [-0.4, -0.2) is 68.1 Å². The molecule has 0 spiro atoms. The van der Waals surface area contributed by atoms with Crippen molar-refractivity contribution in [1.29, 1.82) is 0 Å². The number of alkyl halides is 9. The summed E-state index contributed by atoms with van der Waals surface area (Å²) in [5, 5.41) is 2.72. The van der Waals surface area contributed by atoms with E-state index in [9.17, 15) is 44.3 Å². The van der Waals surface area contributed by atoms with Crippen LogP contribution >= 0.6 is 0 Å². The van der Waals surface area contributed by atoms with E-state index in [1.807, 2.05) is 0 Å². The molecule has 2 aliphatic heterocycles. The Hall–Kier alpha value is -2.22. The van der Waals surface area contributed by atoms with Crippen molar-refractivity contribution in [2.45, 2.75) is 50.1 Å². The highest BCUT2D eigenvalue weighted by Crippen LogP contribution is 2.37. The average molecular weight is 507 g/mol. The Kier molecular flexibility index (Phi) is 7.60. The number of nitrogens with one attached hydrogen (secondary N) is 1. The number of rotatable bonds is 5. The summed E-state index contributed by atoms with van der Waals surface area (Å²) in [5.74, 6) is -1.72. The van der Waals surface area contributed by atoms with Gasteiger partial charge in [0.25, 0.3) is 6.10 Å². The number of benzene rings is 1. The van der Waals surface area contributed by atoms with E-state index in [0.29, 0.717) is 18.7 Å². The smallest absolute Gasteiger partial charge is 0.434 e. The third-order valence-electron chi connectivity index (χ3n) is 5.69. The standard InChI is InChI=1S/C20H22F9N3O2/c21-18(22,23)13-4-3-12(14(9-13)31-6-1-2-7-31)11-32-8-5-30-10-15(32)16(33)34-17(19(24,25)26)20(27,28)29/h3-4,9,15,17,30H,1-2,5-8,10-11H2. The zero-order chi connectivity index (χ0) is 25.3. The average Bonchev–Trinajstić information content (AvgIpc) is 3.24. The summed E-state index contributed by atoms with van der Waals surface area (Å²) in [6.45, 7) is 0.893. The van der Waals surface area contributed by atoms with Gasteiger partial charge in [-0.3, -0.25) is 9.69 Å². The molecule has 1 atom stereocenters. The van der Waals surface area contributed by atoms with Crippen LogP contribution in [0.2, 0.25) is 0 Å². The number of nitrogens with zero attached hydrogens (tertiary/aromatic N) is 2. The number of carbonyl (C=O) groups excluding carboxylic acids is 1. The number of halogens is 9. The lowest BCUT2D eigenvalue weighted by Crippen LogP contribution is -2.57. The molecule has 0 bridgehead atoms. The molecule has 2 fully saturated rings.